The summed E-state index contributed by atoms with van der Waals surface area (Å²) in [5, 5.41) is 2.31. The third kappa shape index (κ3) is 2.75. The quantitative estimate of drug-likeness (QED) is 0.739. The van der Waals surface area contributed by atoms with E-state index in [-0.39, 0.29) is 30.4 Å². The predicted octanol–water partition coefficient (Wildman–Crippen LogP) is 0.0333. The van der Waals surface area contributed by atoms with Gasteiger partial charge in [0.1, 0.15) is 0 Å². The molecule has 3 N–H and O–H groups in total. The Hall–Kier alpha value is -1.72. The SMILES string of the molecule is CC1C(=O)NC(=O)CN1CC(N)c1ccccc1. The van der Waals surface area contributed by atoms with Crippen molar-refractivity contribution in [3.63, 3.8) is 0 Å². The number of carbonyl (C=O) groups is 2. The van der Waals surface area contributed by atoms with Crippen LogP contribution in [0.2, 0.25) is 0 Å². The number of nitrogens with one attached hydrogen (secondary N) is 1. The Balaban J connectivity index is 2.04. The van der Waals surface area contributed by atoms with Crippen LogP contribution in [-0.4, -0.2) is 35.8 Å². The molecule has 0 aliphatic carbocycles. The highest BCUT2D eigenvalue weighted by atomic mass is 16.2. The van der Waals surface area contributed by atoms with Crippen molar-refractivity contribution in [3.05, 3.63) is 35.9 Å². The number of nitrogens with zero attached hydrogens (tertiary/aromatic N) is 1. The van der Waals surface area contributed by atoms with Crippen molar-refractivity contribution in [2.24, 2.45) is 5.73 Å². The maximum atomic E-state index is 11.5. The largest absolute Gasteiger partial charge is 0.323 e. The maximum Gasteiger partial charge on any atom is 0.243 e. The van der Waals surface area contributed by atoms with Crippen molar-refractivity contribution in [1.29, 1.82) is 0 Å². The van der Waals surface area contributed by atoms with E-state index < -0.39 is 0 Å². The number of piperazine rings is 1. The molecule has 18 heavy (non-hydrogen) atoms. The fourth-order valence-electron chi connectivity index (χ4n) is 2.05. The molecule has 1 heterocycles. The molecule has 1 aliphatic heterocycles. The normalized spacial score (nSPS) is 22.7. The first-order chi connectivity index (χ1) is 8.58. The first kappa shape index (κ1) is 12.7. The Labute approximate surface area is 106 Å². The van der Waals surface area contributed by atoms with Gasteiger partial charge in [-0.05, 0) is 12.5 Å². The Morgan fingerprint density at radius 2 is 2.06 bits per heavy atom. The summed E-state index contributed by atoms with van der Waals surface area (Å²) in [6.45, 7) is 2.48. The van der Waals surface area contributed by atoms with Gasteiger partial charge < -0.3 is 5.73 Å². The maximum absolute atomic E-state index is 11.5. The fourth-order valence-corrected chi connectivity index (χ4v) is 2.05. The molecule has 0 saturated carbocycles. The summed E-state index contributed by atoms with van der Waals surface area (Å²) in [7, 11) is 0. The third-order valence-electron chi connectivity index (χ3n) is 3.20. The number of imide groups is 1. The predicted molar refractivity (Wildman–Crippen MR) is 67.6 cm³/mol. The lowest BCUT2D eigenvalue weighted by Gasteiger charge is -2.33. The Kier molecular flexibility index (Phi) is 3.74. The van der Waals surface area contributed by atoms with E-state index >= 15 is 0 Å². The van der Waals surface area contributed by atoms with Crippen LogP contribution in [0.1, 0.15) is 18.5 Å². The molecule has 2 unspecified atom stereocenters. The molecule has 1 saturated heterocycles. The van der Waals surface area contributed by atoms with Crippen LogP contribution in [-0.2, 0) is 9.59 Å². The molecule has 0 bridgehead atoms. The molecular formula is C13H17N3O2. The number of rotatable bonds is 3. The molecule has 1 aliphatic rings. The van der Waals surface area contributed by atoms with Crippen LogP contribution in [0, 0.1) is 0 Å². The first-order valence-corrected chi connectivity index (χ1v) is 5.96. The lowest BCUT2D eigenvalue weighted by atomic mass is 10.1. The standard InChI is InChI=1S/C13H17N3O2/c1-9-13(18)15-12(17)8-16(9)7-11(14)10-5-3-2-4-6-10/h2-6,9,11H,7-8,14H2,1H3,(H,15,17,18). The van der Waals surface area contributed by atoms with Gasteiger partial charge in [-0.1, -0.05) is 30.3 Å². The van der Waals surface area contributed by atoms with Gasteiger partial charge in [-0.25, -0.2) is 0 Å². The topological polar surface area (TPSA) is 75.4 Å². The minimum Gasteiger partial charge on any atom is -0.323 e. The van der Waals surface area contributed by atoms with Crippen LogP contribution in [0.5, 0.6) is 0 Å². The molecule has 2 amide bonds. The second kappa shape index (κ2) is 5.29. The Morgan fingerprint density at radius 3 is 2.72 bits per heavy atom. The van der Waals surface area contributed by atoms with Gasteiger partial charge in [0.2, 0.25) is 11.8 Å². The molecule has 1 fully saturated rings. The highest BCUT2D eigenvalue weighted by Gasteiger charge is 2.31. The third-order valence-corrected chi connectivity index (χ3v) is 3.20. The molecule has 0 radical (unpaired) electrons. The van der Waals surface area contributed by atoms with Gasteiger partial charge >= 0.3 is 0 Å². The number of benzene rings is 1. The van der Waals surface area contributed by atoms with Crippen LogP contribution < -0.4 is 11.1 Å². The molecule has 5 nitrogen and oxygen atoms in total. The van der Waals surface area contributed by atoms with Crippen LogP contribution in [0.3, 0.4) is 0 Å². The van der Waals surface area contributed by atoms with E-state index in [1.165, 1.54) is 0 Å². The van der Waals surface area contributed by atoms with Gasteiger partial charge in [0.25, 0.3) is 0 Å². The van der Waals surface area contributed by atoms with Gasteiger partial charge in [0.15, 0.2) is 0 Å². The van der Waals surface area contributed by atoms with Crippen molar-refractivity contribution in [3.8, 4) is 0 Å². The molecule has 1 aromatic carbocycles. The van der Waals surface area contributed by atoms with E-state index in [1.54, 1.807) is 11.8 Å². The van der Waals surface area contributed by atoms with Crippen molar-refractivity contribution < 1.29 is 9.59 Å². The van der Waals surface area contributed by atoms with E-state index in [0.29, 0.717) is 6.54 Å². The molecular weight excluding hydrogens is 230 g/mol. The van der Waals surface area contributed by atoms with E-state index in [2.05, 4.69) is 5.32 Å². The summed E-state index contributed by atoms with van der Waals surface area (Å²) in [5.74, 6) is -0.523. The smallest absolute Gasteiger partial charge is 0.243 e. The van der Waals surface area contributed by atoms with Crippen LogP contribution in [0.4, 0.5) is 0 Å². The summed E-state index contributed by atoms with van der Waals surface area (Å²) in [5.41, 5.74) is 7.10. The lowest BCUT2D eigenvalue weighted by Crippen LogP contribution is -2.57. The zero-order chi connectivity index (χ0) is 13.1. The molecule has 2 rings (SSSR count). The molecule has 0 aromatic heterocycles. The number of nitrogens with two attached hydrogens (primary N) is 1. The Morgan fingerprint density at radius 1 is 1.39 bits per heavy atom. The van der Waals surface area contributed by atoms with E-state index in [0.717, 1.165) is 5.56 Å². The van der Waals surface area contributed by atoms with Gasteiger partial charge in [-0.15, -0.1) is 0 Å². The van der Waals surface area contributed by atoms with Crippen molar-refractivity contribution >= 4 is 11.8 Å². The number of carbonyl (C=O) groups excluding carboxylic acids is 2. The molecule has 2 atom stereocenters. The molecule has 1 aromatic rings. The summed E-state index contributed by atoms with van der Waals surface area (Å²) in [6.07, 6.45) is 0. The fraction of sp³-hybridized carbons (Fsp3) is 0.385. The highest BCUT2D eigenvalue weighted by Crippen LogP contribution is 2.14. The van der Waals surface area contributed by atoms with Crippen LogP contribution in [0.25, 0.3) is 0 Å². The van der Waals surface area contributed by atoms with Crippen molar-refractivity contribution in [2.75, 3.05) is 13.1 Å². The van der Waals surface area contributed by atoms with E-state index in [9.17, 15) is 9.59 Å². The average molecular weight is 247 g/mol. The van der Waals surface area contributed by atoms with Crippen LogP contribution in [0.15, 0.2) is 30.3 Å². The van der Waals surface area contributed by atoms with Crippen molar-refractivity contribution in [1.82, 2.24) is 10.2 Å². The van der Waals surface area contributed by atoms with Crippen molar-refractivity contribution in [2.45, 2.75) is 19.0 Å². The van der Waals surface area contributed by atoms with Gasteiger partial charge in [0.05, 0.1) is 12.6 Å². The van der Waals surface area contributed by atoms with Gasteiger partial charge in [-0.2, -0.15) is 0 Å². The first-order valence-electron chi connectivity index (χ1n) is 5.96. The zero-order valence-corrected chi connectivity index (χ0v) is 10.3. The summed E-state index contributed by atoms with van der Waals surface area (Å²) in [6, 6.07) is 9.14. The average Bonchev–Trinajstić information content (AvgIpc) is 2.36. The monoisotopic (exact) mass is 247 g/mol. The van der Waals surface area contributed by atoms with Crippen LogP contribution >= 0.6 is 0 Å². The Bertz CT molecular complexity index is 447. The second-order valence-electron chi connectivity index (χ2n) is 4.54. The number of hydrogen-bond acceptors (Lipinski definition) is 4. The van der Waals surface area contributed by atoms with E-state index in [1.807, 2.05) is 30.3 Å². The highest BCUT2D eigenvalue weighted by molar-refractivity contribution is 6.00. The summed E-state index contributed by atoms with van der Waals surface area (Å²) < 4.78 is 0. The minimum absolute atomic E-state index is 0.202. The number of hydrogen-bond donors (Lipinski definition) is 2. The summed E-state index contributed by atoms with van der Waals surface area (Å²) in [4.78, 5) is 24.7. The lowest BCUT2D eigenvalue weighted by molar-refractivity contribution is -0.139. The molecule has 0 spiro atoms. The van der Waals surface area contributed by atoms with E-state index in [4.69, 9.17) is 5.73 Å². The minimum atomic E-state index is -0.322. The zero-order valence-electron chi connectivity index (χ0n) is 10.3. The second-order valence-corrected chi connectivity index (χ2v) is 4.54. The number of amides is 2. The summed E-state index contributed by atoms with van der Waals surface area (Å²) >= 11 is 0. The van der Waals surface area contributed by atoms with Gasteiger partial charge in [-0.3, -0.25) is 19.8 Å². The molecule has 5 heteroatoms. The van der Waals surface area contributed by atoms with Gasteiger partial charge in [0, 0.05) is 12.6 Å². The molecule has 96 valence electrons.